The Morgan fingerprint density at radius 3 is 2.83 bits per heavy atom. The van der Waals surface area contributed by atoms with Crippen molar-refractivity contribution in [3.05, 3.63) is 0 Å². The fraction of sp³-hybridized carbons (Fsp3) is 1.00. The second kappa shape index (κ2) is 3.73. The predicted molar refractivity (Wildman–Crippen MR) is 43.9 cm³/mol. The van der Waals surface area contributed by atoms with Crippen molar-refractivity contribution in [3.8, 4) is 0 Å². The molecule has 3 atom stereocenters. The van der Waals surface area contributed by atoms with Crippen molar-refractivity contribution in [2.75, 3.05) is 13.4 Å². The van der Waals surface area contributed by atoms with Crippen LogP contribution < -0.4 is 0 Å². The van der Waals surface area contributed by atoms with Gasteiger partial charge in [-0.25, -0.2) is 0 Å². The Morgan fingerprint density at radius 2 is 2.00 bits per heavy atom. The first-order valence-corrected chi connectivity index (χ1v) is 4.75. The highest BCUT2D eigenvalue weighted by Crippen LogP contribution is 2.26. The van der Waals surface area contributed by atoms with Gasteiger partial charge in [-0.15, -0.1) is 0 Å². The molecule has 0 radical (unpaired) electrons. The molecule has 3 nitrogen and oxygen atoms in total. The molecule has 0 spiro atoms. The minimum absolute atomic E-state index is 0.207. The maximum atomic E-state index is 5.63. The summed E-state index contributed by atoms with van der Waals surface area (Å²) in [5.41, 5.74) is 0. The van der Waals surface area contributed by atoms with Crippen molar-refractivity contribution >= 4 is 0 Å². The fourth-order valence-corrected chi connectivity index (χ4v) is 1.89. The smallest absolute Gasteiger partial charge is 0.147 e. The molecule has 0 aromatic carbocycles. The SMILES string of the molecule is CCCC1CC2OCOC2CO1. The Bertz CT molecular complexity index is 149. The van der Waals surface area contributed by atoms with Gasteiger partial charge in [0.25, 0.3) is 0 Å². The molecule has 2 rings (SSSR count). The third kappa shape index (κ3) is 1.63. The second-order valence-electron chi connectivity index (χ2n) is 3.51. The molecule has 0 N–H and O–H groups in total. The Hall–Kier alpha value is -0.120. The minimum Gasteiger partial charge on any atom is -0.375 e. The molecule has 0 aromatic rings. The lowest BCUT2D eigenvalue weighted by Gasteiger charge is -2.29. The van der Waals surface area contributed by atoms with E-state index in [1.807, 2.05) is 0 Å². The highest BCUT2D eigenvalue weighted by Gasteiger charge is 2.36. The number of fused-ring (bicyclic) bond motifs is 1. The van der Waals surface area contributed by atoms with Crippen LogP contribution in [0, 0.1) is 0 Å². The van der Waals surface area contributed by atoms with Gasteiger partial charge in [0.05, 0.1) is 18.8 Å². The molecule has 2 aliphatic heterocycles. The van der Waals surface area contributed by atoms with Crippen molar-refractivity contribution in [1.29, 1.82) is 0 Å². The lowest BCUT2D eigenvalue weighted by Crippen LogP contribution is -2.39. The zero-order valence-electron chi connectivity index (χ0n) is 7.49. The van der Waals surface area contributed by atoms with E-state index < -0.39 is 0 Å². The molecule has 0 aliphatic carbocycles. The molecule has 2 heterocycles. The summed E-state index contributed by atoms with van der Waals surface area (Å²) in [6.45, 7) is 3.36. The largest absolute Gasteiger partial charge is 0.375 e. The van der Waals surface area contributed by atoms with Crippen LogP contribution in [0.3, 0.4) is 0 Å². The standard InChI is InChI=1S/C9H16O3/c1-2-3-7-4-8-9(5-10-7)12-6-11-8/h7-9H,2-6H2,1H3. The first kappa shape index (κ1) is 8.48. The van der Waals surface area contributed by atoms with E-state index in [9.17, 15) is 0 Å². The van der Waals surface area contributed by atoms with Gasteiger partial charge in [0, 0.05) is 6.42 Å². The van der Waals surface area contributed by atoms with Crippen LogP contribution in [-0.2, 0) is 14.2 Å². The zero-order chi connectivity index (χ0) is 8.39. The average molecular weight is 172 g/mol. The normalized spacial score (nSPS) is 41.2. The van der Waals surface area contributed by atoms with Gasteiger partial charge >= 0.3 is 0 Å². The second-order valence-corrected chi connectivity index (χ2v) is 3.51. The summed E-state index contributed by atoms with van der Waals surface area (Å²) in [5.74, 6) is 0. The van der Waals surface area contributed by atoms with Crippen LogP contribution in [0.4, 0.5) is 0 Å². The van der Waals surface area contributed by atoms with E-state index in [2.05, 4.69) is 6.92 Å². The third-order valence-corrected chi connectivity index (χ3v) is 2.58. The highest BCUT2D eigenvalue weighted by atomic mass is 16.7. The van der Waals surface area contributed by atoms with Gasteiger partial charge in [-0.3, -0.25) is 0 Å². The van der Waals surface area contributed by atoms with E-state index in [1.54, 1.807) is 0 Å². The molecule has 0 aromatic heterocycles. The minimum atomic E-state index is 0.207. The Kier molecular flexibility index (Phi) is 2.63. The van der Waals surface area contributed by atoms with Crippen LogP contribution in [0.15, 0.2) is 0 Å². The molecule has 2 aliphatic rings. The van der Waals surface area contributed by atoms with Crippen LogP contribution in [0.2, 0.25) is 0 Å². The molecule has 0 amide bonds. The van der Waals surface area contributed by atoms with Crippen LogP contribution in [-0.4, -0.2) is 31.7 Å². The molecular weight excluding hydrogens is 156 g/mol. The van der Waals surface area contributed by atoms with E-state index >= 15 is 0 Å². The number of hydrogen-bond donors (Lipinski definition) is 0. The lowest BCUT2D eigenvalue weighted by molar-refractivity contribution is -0.0730. The fourth-order valence-electron chi connectivity index (χ4n) is 1.89. The van der Waals surface area contributed by atoms with E-state index in [-0.39, 0.29) is 6.10 Å². The van der Waals surface area contributed by atoms with Gasteiger partial charge in [-0.1, -0.05) is 13.3 Å². The van der Waals surface area contributed by atoms with E-state index in [4.69, 9.17) is 14.2 Å². The van der Waals surface area contributed by atoms with Crippen LogP contribution in [0.25, 0.3) is 0 Å². The van der Waals surface area contributed by atoms with E-state index in [1.165, 1.54) is 6.42 Å². The monoisotopic (exact) mass is 172 g/mol. The van der Waals surface area contributed by atoms with Gasteiger partial charge in [-0.05, 0) is 6.42 Å². The van der Waals surface area contributed by atoms with Crippen LogP contribution in [0.1, 0.15) is 26.2 Å². The molecule has 2 saturated heterocycles. The molecule has 3 unspecified atom stereocenters. The number of ether oxygens (including phenoxy) is 3. The lowest BCUT2D eigenvalue weighted by atomic mass is 10.0. The molecule has 12 heavy (non-hydrogen) atoms. The predicted octanol–water partition coefficient (Wildman–Crippen LogP) is 1.32. The van der Waals surface area contributed by atoms with Gasteiger partial charge in [0.1, 0.15) is 12.9 Å². The number of hydrogen-bond acceptors (Lipinski definition) is 3. The summed E-state index contributed by atoms with van der Waals surface area (Å²) in [6, 6.07) is 0. The molecule has 2 fully saturated rings. The van der Waals surface area contributed by atoms with E-state index in [0.717, 1.165) is 19.4 Å². The average Bonchev–Trinajstić information content (AvgIpc) is 2.51. The molecular formula is C9H16O3. The van der Waals surface area contributed by atoms with Crippen LogP contribution >= 0.6 is 0 Å². The highest BCUT2D eigenvalue weighted by molar-refractivity contribution is 4.82. The van der Waals surface area contributed by atoms with Crippen molar-refractivity contribution in [3.63, 3.8) is 0 Å². The van der Waals surface area contributed by atoms with Gasteiger partial charge in [-0.2, -0.15) is 0 Å². The first-order chi connectivity index (χ1) is 5.90. The summed E-state index contributed by atoms with van der Waals surface area (Å²) in [6.07, 6.45) is 4.25. The molecule has 3 heteroatoms. The van der Waals surface area contributed by atoms with Gasteiger partial charge in [0.15, 0.2) is 0 Å². The maximum Gasteiger partial charge on any atom is 0.147 e. The topological polar surface area (TPSA) is 27.7 Å². The van der Waals surface area contributed by atoms with Crippen molar-refractivity contribution in [1.82, 2.24) is 0 Å². The quantitative estimate of drug-likeness (QED) is 0.628. The number of rotatable bonds is 2. The Balaban J connectivity index is 1.84. The van der Waals surface area contributed by atoms with Crippen molar-refractivity contribution < 1.29 is 14.2 Å². The molecule has 0 bridgehead atoms. The van der Waals surface area contributed by atoms with E-state index in [0.29, 0.717) is 19.0 Å². The Labute approximate surface area is 73.0 Å². The summed E-state index contributed by atoms with van der Waals surface area (Å²) in [5, 5.41) is 0. The first-order valence-electron chi connectivity index (χ1n) is 4.75. The van der Waals surface area contributed by atoms with Gasteiger partial charge < -0.3 is 14.2 Å². The Morgan fingerprint density at radius 1 is 1.17 bits per heavy atom. The summed E-state index contributed by atoms with van der Waals surface area (Å²) < 4.78 is 16.4. The van der Waals surface area contributed by atoms with Gasteiger partial charge in [0.2, 0.25) is 0 Å². The molecule has 0 saturated carbocycles. The van der Waals surface area contributed by atoms with Crippen molar-refractivity contribution in [2.24, 2.45) is 0 Å². The summed E-state index contributed by atoms with van der Waals surface area (Å²) in [7, 11) is 0. The van der Waals surface area contributed by atoms with Crippen molar-refractivity contribution in [2.45, 2.75) is 44.5 Å². The third-order valence-electron chi connectivity index (χ3n) is 2.58. The van der Waals surface area contributed by atoms with Crippen LogP contribution in [0.5, 0.6) is 0 Å². The zero-order valence-corrected chi connectivity index (χ0v) is 7.49. The summed E-state index contributed by atoms with van der Waals surface area (Å²) in [4.78, 5) is 0. The molecule has 70 valence electrons. The summed E-state index contributed by atoms with van der Waals surface area (Å²) >= 11 is 0. The maximum absolute atomic E-state index is 5.63.